The molecule has 0 bridgehead atoms. The molecule has 0 unspecified atom stereocenters. The first kappa shape index (κ1) is 11.1. The molecule has 0 N–H and O–H groups in total. The first-order valence-electron chi connectivity index (χ1n) is 4.29. The molecule has 0 saturated heterocycles. The van der Waals surface area contributed by atoms with Crippen molar-refractivity contribution >= 4 is 11.9 Å². The van der Waals surface area contributed by atoms with Gasteiger partial charge in [0.1, 0.15) is 0 Å². The van der Waals surface area contributed by atoms with E-state index in [1.54, 1.807) is 0 Å². The zero-order chi connectivity index (χ0) is 9.56. The third-order valence-corrected chi connectivity index (χ3v) is 1.26. The molecule has 0 saturated carbocycles. The normalized spacial score (nSPS) is 10.0. The first-order valence-corrected chi connectivity index (χ1v) is 4.29. The summed E-state index contributed by atoms with van der Waals surface area (Å²) in [5.41, 5.74) is 0. The van der Waals surface area contributed by atoms with Gasteiger partial charge in [-0.15, -0.1) is 0 Å². The lowest BCUT2D eigenvalue weighted by Crippen LogP contribution is -2.13. The molecule has 0 fully saturated rings. The van der Waals surface area contributed by atoms with Crippen molar-refractivity contribution in [3.8, 4) is 0 Å². The highest BCUT2D eigenvalue weighted by Crippen LogP contribution is 2.02. The Hall–Kier alpha value is -0.860. The molecule has 0 atom stereocenters. The molecule has 0 aliphatic carbocycles. The number of rotatable bonds is 4. The third kappa shape index (κ3) is 5.89. The maximum Gasteiger partial charge on any atom is 0.313 e. The van der Waals surface area contributed by atoms with Crippen molar-refractivity contribution in [3.05, 3.63) is 0 Å². The molecule has 70 valence electrons. The van der Waals surface area contributed by atoms with E-state index in [2.05, 4.69) is 4.74 Å². The van der Waals surface area contributed by atoms with Crippen molar-refractivity contribution in [1.29, 1.82) is 0 Å². The minimum atomic E-state index is -0.414. The van der Waals surface area contributed by atoms with Crippen LogP contribution in [0.3, 0.4) is 0 Å². The Morgan fingerprint density at radius 3 is 2.25 bits per heavy atom. The minimum Gasteiger partial charge on any atom is -0.393 e. The molecular formula is C9H16O3. The van der Waals surface area contributed by atoms with Crippen molar-refractivity contribution in [3.63, 3.8) is 0 Å². The lowest BCUT2D eigenvalue weighted by Gasteiger charge is -2.03. The number of esters is 2. The van der Waals surface area contributed by atoms with Crippen LogP contribution in [0.25, 0.3) is 0 Å². The molecule has 0 heterocycles. The van der Waals surface area contributed by atoms with Gasteiger partial charge >= 0.3 is 11.9 Å². The number of ether oxygens (including phenoxy) is 1. The minimum absolute atomic E-state index is 0.243. The number of carbonyl (C=O) groups is 2. The molecule has 12 heavy (non-hydrogen) atoms. The summed E-state index contributed by atoms with van der Waals surface area (Å²) in [5, 5.41) is 0. The Bertz CT molecular complexity index is 161. The van der Waals surface area contributed by atoms with Gasteiger partial charge in [0.05, 0.1) is 0 Å². The predicted molar refractivity (Wildman–Crippen MR) is 45.5 cm³/mol. The van der Waals surface area contributed by atoms with Crippen LogP contribution >= 0.6 is 0 Å². The molecule has 0 spiro atoms. The zero-order valence-electron chi connectivity index (χ0n) is 7.92. The number of hydrogen-bond donors (Lipinski definition) is 0. The molecule has 0 aromatic heterocycles. The summed E-state index contributed by atoms with van der Waals surface area (Å²) in [6.45, 7) is 5.69. The average Bonchev–Trinajstić information content (AvgIpc) is 1.84. The van der Waals surface area contributed by atoms with Crippen molar-refractivity contribution < 1.29 is 14.3 Å². The summed E-state index contributed by atoms with van der Waals surface area (Å²) < 4.78 is 4.52. The summed E-state index contributed by atoms with van der Waals surface area (Å²) in [6, 6.07) is 0. The summed E-state index contributed by atoms with van der Waals surface area (Å²) in [5.74, 6) is -0.585. The summed E-state index contributed by atoms with van der Waals surface area (Å²) in [7, 11) is 0. The van der Waals surface area contributed by atoms with E-state index in [9.17, 15) is 9.59 Å². The van der Waals surface area contributed by atoms with Crippen LogP contribution in [0.15, 0.2) is 0 Å². The Morgan fingerprint density at radius 1 is 1.25 bits per heavy atom. The summed E-state index contributed by atoms with van der Waals surface area (Å²) in [4.78, 5) is 21.7. The van der Waals surface area contributed by atoms with Crippen molar-refractivity contribution in [2.24, 2.45) is 5.92 Å². The van der Waals surface area contributed by atoms with Gasteiger partial charge in [-0.05, 0) is 12.3 Å². The highest BCUT2D eigenvalue weighted by molar-refractivity contribution is 5.85. The molecule has 0 aromatic carbocycles. The molecule has 0 radical (unpaired) electrons. The highest BCUT2D eigenvalue weighted by atomic mass is 16.6. The number of carbonyl (C=O) groups excluding carboxylic acids is 2. The zero-order valence-corrected chi connectivity index (χ0v) is 7.92. The number of hydrogen-bond acceptors (Lipinski definition) is 3. The van der Waals surface area contributed by atoms with Gasteiger partial charge in [-0.2, -0.15) is 0 Å². The van der Waals surface area contributed by atoms with Gasteiger partial charge in [-0.25, -0.2) is 0 Å². The molecule has 3 heteroatoms. The van der Waals surface area contributed by atoms with Crippen LogP contribution in [0.5, 0.6) is 0 Å². The van der Waals surface area contributed by atoms with Crippen LogP contribution in [-0.4, -0.2) is 11.9 Å². The predicted octanol–water partition coefficient (Wildman–Crippen LogP) is 1.90. The van der Waals surface area contributed by atoms with Gasteiger partial charge in [-0.3, -0.25) is 9.59 Å². The maximum atomic E-state index is 10.9. The largest absolute Gasteiger partial charge is 0.393 e. The van der Waals surface area contributed by atoms with E-state index in [4.69, 9.17) is 0 Å². The monoisotopic (exact) mass is 172 g/mol. The lowest BCUT2D eigenvalue weighted by molar-refractivity contribution is -0.160. The lowest BCUT2D eigenvalue weighted by atomic mass is 10.1. The molecular weight excluding hydrogens is 156 g/mol. The molecule has 0 amide bonds. The molecule has 0 rings (SSSR count). The topological polar surface area (TPSA) is 43.4 Å². The van der Waals surface area contributed by atoms with Gasteiger partial charge in [-0.1, -0.05) is 20.8 Å². The van der Waals surface area contributed by atoms with Gasteiger partial charge in [0.15, 0.2) is 0 Å². The second-order valence-corrected chi connectivity index (χ2v) is 3.19. The fraction of sp³-hybridized carbons (Fsp3) is 0.778. The van der Waals surface area contributed by atoms with Crippen LogP contribution in [-0.2, 0) is 14.3 Å². The van der Waals surface area contributed by atoms with E-state index in [0.717, 1.165) is 0 Å². The SMILES string of the molecule is CCCC(=O)OC(=O)CC(C)C. The van der Waals surface area contributed by atoms with E-state index in [-0.39, 0.29) is 5.92 Å². The van der Waals surface area contributed by atoms with Crippen LogP contribution in [0.2, 0.25) is 0 Å². The Kier molecular flexibility index (Phi) is 5.34. The van der Waals surface area contributed by atoms with Crippen LogP contribution in [0.4, 0.5) is 0 Å². The quantitative estimate of drug-likeness (QED) is 0.480. The maximum absolute atomic E-state index is 10.9. The van der Waals surface area contributed by atoms with E-state index in [1.165, 1.54) is 0 Å². The van der Waals surface area contributed by atoms with E-state index < -0.39 is 11.9 Å². The van der Waals surface area contributed by atoms with Gasteiger partial charge < -0.3 is 4.74 Å². The smallest absolute Gasteiger partial charge is 0.313 e. The van der Waals surface area contributed by atoms with E-state index in [0.29, 0.717) is 19.3 Å². The molecule has 0 aromatic rings. The Labute approximate surface area is 73.1 Å². The van der Waals surface area contributed by atoms with Crippen molar-refractivity contribution in [2.45, 2.75) is 40.0 Å². The van der Waals surface area contributed by atoms with Crippen molar-refractivity contribution in [2.75, 3.05) is 0 Å². The van der Waals surface area contributed by atoms with E-state index in [1.807, 2.05) is 20.8 Å². The highest BCUT2D eigenvalue weighted by Gasteiger charge is 2.10. The van der Waals surface area contributed by atoms with Crippen LogP contribution < -0.4 is 0 Å². The van der Waals surface area contributed by atoms with Crippen LogP contribution in [0.1, 0.15) is 40.0 Å². The standard InChI is InChI=1S/C9H16O3/c1-4-5-8(10)12-9(11)6-7(2)3/h7H,4-6H2,1-3H3. The van der Waals surface area contributed by atoms with Gasteiger partial charge in [0.25, 0.3) is 0 Å². The molecule has 0 aliphatic rings. The summed E-state index contributed by atoms with van der Waals surface area (Å²) in [6.07, 6.45) is 1.35. The van der Waals surface area contributed by atoms with E-state index >= 15 is 0 Å². The van der Waals surface area contributed by atoms with Crippen molar-refractivity contribution in [1.82, 2.24) is 0 Å². The summed E-state index contributed by atoms with van der Waals surface area (Å²) >= 11 is 0. The molecule has 0 aliphatic heterocycles. The fourth-order valence-electron chi connectivity index (χ4n) is 0.757. The van der Waals surface area contributed by atoms with Gasteiger partial charge in [0, 0.05) is 12.8 Å². The average molecular weight is 172 g/mol. The first-order chi connectivity index (χ1) is 5.56. The Balaban J connectivity index is 3.62. The Morgan fingerprint density at radius 2 is 1.83 bits per heavy atom. The molecule has 3 nitrogen and oxygen atoms in total. The fourth-order valence-corrected chi connectivity index (χ4v) is 0.757. The third-order valence-electron chi connectivity index (χ3n) is 1.26. The second-order valence-electron chi connectivity index (χ2n) is 3.19. The second kappa shape index (κ2) is 5.75. The van der Waals surface area contributed by atoms with Gasteiger partial charge in [0.2, 0.25) is 0 Å². The van der Waals surface area contributed by atoms with Crippen LogP contribution in [0, 0.1) is 5.92 Å².